The molecule has 0 unspecified atom stereocenters. The number of esters is 1. The number of ether oxygens (including phenoxy) is 8. The van der Waals surface area contributed by atoms with Gasteiger partial charge >= 0.3 is 5.97 Å². The first-order valence-electron chi connectivity index (χ1n) is 24.5. The predicted molar refractivity (Wildman–Crippen MR) is 238 cm³/mol. The summed E-state index contributed by atoms with van der Waals surface area (Å²) in [6, 6.07) is 6.57. The number of unbranched alkanes of at least 4 members (excludes halogenated alkanes) is 3. The number of hydrogen-bond donors (Lipinski definition) is 0. The summed E-state index contributed by atoms with van der Waals surface area (Å²) in [6.07, 6.45) is 19.8. The van der Waals surface area contributed by atoms with E-state index in [4.69, 9.17) is 37.9 Å². The summed E-state index contributed by atoms with van der Waals surface area (Å²) >= 11 is 0. The van der Waals surface area contributed by atoms with Gasteiger partial charge < -0.3 is 42.8 Å². The number of pyridine rings is 1. The molecule has 3 aliphatic carbocycles. The summed E-state index contributed by atoms with van der Waals surface area (Å²) in [6.45, 7) is 10.4. The number of ketones is 1. The normalized spacial score (nSPS) is 39.8. The molecular weight excluding hydrogens is 801 g/mol. The number of rotatable bonds is 16. The number of allylic oxidation sites excluding steroid dienone is 4. The molecule has 0 amide bonds. The largest absolute Gasteiger partial charge is 0.462 e. The van der Waals surface area contributed by atoms with Crippen LogP contribution in [0.3, 0.4) is 0 Å². The second kappa shape index (κ2) is 22.8. The molecule has 4 heterocycles. The van der Waals surface area contributed by atoms with Crippen LogP contribution in [-0.4, -0.2) is 119 Å². The quantitative estimate of drug-likeness (QED) is 0.0716. The van der Waals surface area contributed by atoms with Crippen molar-refractivity contribution in [2.75, 3.05) is 34.9 Å². The van der Waals surface area contributed by atoms with Crippen LogP contribution in [0.2, 0.25) is 0 Å². The van der Waals surface area contributed by atoms with Crippen molar-refractivity contribution < 1.29 is 52.1 Å². The van der Waals surface area contributed by atoms with Crippen molar-refractivity contribution in [3.63, 3.8) is 0 Å². The molecule has 12 heteroatoms. The fraction of sp³-hybridized carbons (Fsp3) is 0.784. The van der Waals surface area contributed by atoms with Gasteiger partial charge in [0.2, 0.25) is 0 Å². The number of carbonyl (C=O) groups excluding carboxylic acids is 2. The maximum absolute atomic E-state index is 14.9. The highest BCUT2D eigenvalue weighted by molar-refractivity contribution is 5.99. The van der Waals surface area contributed by atoms with Gasteiger partial charge in [0.25, 0.3) is 0 Å². The Kier molecular flexibility index (Phi) is 17.5. The monoisotopic (exact) mass is 880 g/mol. The summed E-state index contributed by atoms with van der Waals surface area (Å²) in [5, 5.41) is 0. The Morgan fingerprint density at radius 3 is 2.29 bits per heavy atom. The first-order chi connectivity index (χ1) is 30.5. The third kappa shape index (κ3) is 11.5. The Morgan fingerprint density at radius 2 is 1.56 bits per heavy atom. The van der Waals surface area contributed by atoms with Crippen LogP contribution in [0.1, 0.15) is 111 Å². The number of Topliss-reactive ketones (excluding diaryl/α,β-unsaturated/α-hetero) is 1. The van der Waals surface area contributed by atoms with E-state index in [-0.39, 0.29) is 96.8 Å². The first-order valence-corrected chi connectivity index (χ1v) is 24.5. The Hall–Kier alpha value is -2.55. The van der Waals surface area contributed by atoms with Gasteiger partial charge in [-0.25, -0.2) is 4.57 Å². The van der Waals surface area contributed by atoms with E-state index in [1.807, 2.05) is 13.8 Å². The second-order valence-corrected chi connectivity index (χ2v) is 19.5. The fourth-order valence-corrected chi connectivity index (χ4v) is 12.1. The maximum atomic E-state index is 14.9. The second-order valence-electron chi connectivity index (χ2n) is 19.5. The lowest BCUT2D eigenvalue weighted by Gasteiger charge is -2.44. The minimum Gasteiger partial charge on any atom is -0.462 e. The lowest BCUT2D eigenvalue weighted by Crippen LogP contribution is -2.59. The Labute approximate surface area is 377 Å². The van der Waals surface area contributed by atoms with Crippen LogP contribution in [0.4, 0.5) is 0 Å². The summed E-state index contributed by atoms with van der Waals surface area (Å²) in [5.74, 6) is -0.0385. The molecule has 0 N–H and O–H groups in total. The van der Waals surface area contributed by atoms with E-state index >= 15 is 0 Å². The van der Waals surface area contributed by atoms with Crippen molar-refractivity contribution in [3.05, 3.63) is 54.4 Å². The first kappa shape index (κ1) is 48.4. The van der Waals surface area contributed by atoms with Crippen LogP contribution < -0.4 is 4.57 Å². The third-order valence-corrected chi connectivity index (χ3v) is 15.6. The lowest BCUT2D eigenvalue weighted by molar-refractivity contribution is -0.697. The van der Waals surface area contributed by atoms with Crippen LogP contribution in [0, 0.1) is 35.5 Å². The smallest absolute Gasteiger partial charge is 0.306 e. The molecule has 352 valence electrons. The summed E-state index contributed by atoms with van der Waals surface area (Å²) in [5.41, 5.74) is 0.766. The van der Waals surface area contributed by atoms with Gasteiger partial charge in [0, 0.05) is 57.8 Å². The van der Waals surface area contributed by atoms with Crippen molar-refractivity contribution in [1.82, 2.24) is 4.90 Å². The lowest BCUT2D eigenvalue weighted by atomic mass is 9.70. The minimum atomic E-state index is -0.600. The van der Waals surface area contributed by atoms with Gasteiger partial charge in [-0.15, -0.1) is 0 Å². The molecule has 7 rings (SSSR count). The number of fused-ring (bicyclic) bond motifs is 5. The highest BCUT2D eigenvalue weighted by Gasteiger charge is 2.53. The minimum absolute atomic E-state index is 0.0190. The number of likely N-dealkylation sites (N-methyl/N-ethyl adjacent to an activating group) is 1. The molecule has 0 radical (unpaired) electrons. The molecule has 1 aromatic heterocycles. The standard InChI is InChI=1S/C51H79N2O10/c1-9-36-18-17-19-44(63-46-23-22-43(33(3)59-46)52(5)24-13-10-11-14-25-53-26-15-12-16-27-53)32(2)47(55)42-30-40-38(41(42)31-45(54)61-36)21-20-35-28-37(29-39(35)40)62-51-50(58-8)49(57-7)48(56-6)34(4)60-51/h12,15-16,20-21,26-27,30,32-41,43-44,46,48-51H,9-11,13-14,17-19,22-25,28-29,31H2,1-8H3/q+1/t32-,33-,34+,35-,36+,37-,38-,39-,40-,41+,43+,44+,46+,48+,49-,50-,51+/m1/s1. The molecule has 17 atom stereocenters. The van der Waals surface area contributed by atoms with E-state index in [2.05, 4.69) is 79.2 Å². The van der Waals surface area contributed by atoms with Crippen molar-refractivity contribution in [2.24, 2.45) is 35.5 Å². The van der Waals surface area contributed by atoms with Gasteiger partial charge in [0.05, 0.1) is 30.8 Å². The molecular formula is C51H79N2O10+. The summed E-state index contributed by atoms with van der Waals surface area (Å²) in [7, 11) is 7.22. The zero-order chi connectivity index (χ0) is 44.6. The molecule has 3 aliphatic heterocycles. The topological polar surface area (TPSA) is 115 Å². The molecule has 3 saturated heterocycles. The van der Waals surface area contributed by atoms with Crippen molar-refractivity contribution in [2.45, 2.75) is 185 Å². The van der Waals surface area contributed by atoms with Crippen LogP contribution >= 0.6 is 0 Å². The number of cyclic esters (lactones) is 1. The SMILES string of the molecule is CC[C@H]1CCC[C@H](O[C@H]2CC[C@H](N(C)CCCCCC[n+]3ccccc3)[C@@H](C)O2)[C@@H](C)C(=O)C2=C[C@@H]3[C@@H](C=C[C@@H]4C[C@@H](O[C@@H]5O[C@@H](C)[C@H](OC)[C@@H](OC)[C@H]5OC)C[C@@H]34)[C@@H]2CC(=O)O1. The van der Waals surface area contributed by atoms with E-state index in [0.29, 0.717) is 18.4 Å². The number of nitrogens with zero attached hydrogens (tertiary/aromatic N) is 2. The summed E-state index contributed by atoms with van der Waals surface area (Å²) < 4.78 is 52.4. The highest BCUT2D eigenvalue weighted by Crippen LogP contribution is 2.54. The summed E-state index contributed by atoms with van der Waals surface area (Å²) in [4.78, 5) is 31.0. The van der Waals surface area contributed by atoms with E-state index in [0.717, 1.165) is 63.6 Å². The van der Waals surface area contributed by atoms with Crippen molar-refractivity contribution >= 4 is 11.8 Å². The van der Waals surface area contributed by atoms with Crippen LogP contribution in [0.15, 0.2) is 54.4 Å². The number of carbonyl (C=O) groups is 2. The number of aromatic nitrogens is 1. The van der Waals surface area contributed by atoms with E-state index in [1.54, 1.807) is 21.3 Å². The van der Waals surface area contributed by atoms with Crippen molar-refractivity contribution in [3.8, 4) is 0 Å². The molecule has 12 nitrogen and oxygen atoms in total. The molecule has 1 saturated carbocycles. The van der Waals surface area contributed by atoms with Gasteiger partial charge in [0.15, 0.2) is 30.8 Å². The average Bonchev–Trinajstić information content (AvgIpc) is 3.86. The number of methoxy groups -OCH3 is 3. The van der Waals surface area contributed by atoms with Gasteiger partial charge in [-0.1, -0.05) is 44.6 Å². The van der Waals surface area contributed by atoms with E-state index in [9.17, 15) is 9.59 Å². The van der Waals surface area contributed by atoms with E-state index in [1.165, 1.54) is 25.7 Å². The fourth-order valence-electron chi connectivity index (χ4n) is 12.1. The maximum Gasteiger partial charge on any atom is 0.306 e. The van der Waals surface area contributed by atoms with Gasteiger partial charge in [-0.05, 0) is 121 Å². The van der Waals surface area contributed by atoms with Gasteiger partial charge in [0.1, 0.15) is 31.0 Å². The number of hydrogen-bond acceptors (Lipinski definition) is 11. The molecule has 1 aromatic rings. The Morgan fingerprint density at radius 1 is 0.794 bits per heavy atom. The van der Waals surface area contributed by atoms with Crippen LogP contribution in [0.5, 0.6) is 0 Å². The molecule has 63 heavy (non-hydrogen) atoms. The predicted octanol–water partition coefficient (Wildman–Crippen LogP) is 7.41. The molecule has 0 spiro atoms. The van der Waals surface area contributed by atoms with Crippen molar-refractivity contribution in [1.29, 1.82) is 0 Å². The van der Waals surface area contributed by atoms with Gasteiger partial charge in [-0.3, -0.25) is 9.59 Å². The number of aryl methyl sites for hydroxylation is 1. The Balaban J connectivity index is 0.984. The van der Waals surface area contributed by atoms with E-state index < -0.39 is 12.4 Å². The average molecular weight is 880 g/mol. The zero-order valence-electron chi connectivity index (χ0n) is 39.5. The zero-order valence-corrected chi connectivity index (χ0v) is 39.5. The molecule has 0 aromatic carbocycles. The Bertz CT molecular complexity index is 1680. The van der Waals surface area contributed by atoms with Crippen LogP contribution in [-0.2, 0) is 54.0 Å². The molecule has 0 bridgehead atoms. The molecule has 6 aliphatic rings. The third-order valence-electron chi connectivity index (χ3n) is 15.6. The highest BCUT2D eigenvalue weighted by atomic mass is 16.7. The molecule has 4 fully saturated rings. The van der Waals surface area contributed by atoms with Crippen LogP contribution in [0.25, 0.3) is 0 Å². The van der Waals surface area contributed by atoms with Gasteiger partial charge in [-0.2, -0.15) is 0 Å².